The van der Waals surface area contributed by atoms with Crippen LogP contribution in [0.4, 0.5) is 5.69 Å². The van der Waals surface area contributed by atoms with Crippen molar-refractivity contribution in [3.05, 3.63) is 28.1 Å². The van der Waals surface area contributed by atoms with Crippen molar-refractivity contribution in [3.63, 3.8) is 0 Å². The lowest BCUT2D eigenvalue weighted by Gasteiger charge is -2.30. The number of carbonyl (C=O) groups is 1. The second kappa shape index (κ2) is 5.28. The van der Waals surface area contributed by atoms with Gasteiger partial charge in [0, 0.05) is 19.2 Å². The summed E-state index contributed by atoms with van der Waals surface area (Å²) >= 11 is 0. The normalized spacial score (nSPS) is 20.8. The predicted molar refractivity (Wildman–Crippen MR) is 63.6 cm³/mol. The fourth-order valence-corrected chi connectivity index (χ4v) is 1.97. The summed E-state index contributed by atoms with van der Waals surface area (Å²) < 4.78 is 5.38. The summed E-state index contributed by atoms with van der Waals surface area (Å²) in [5, 5.41) is 10.5. The number of aromatic nitrogens is 1. The molecule has 18 heavy (non-hydrogen) atoms. The van der Waals surface area contributed by atoms with Crippen LogP contribution >= 0.6 is 0 Å². The van der Waals surface area contributed by atoms with Gasteiger partial charge in [0.1, 0.15) is 0 Å². The fourth-order valence-electron chi connectivity index (χ4n) is 1.97. The van der Waals surface area contributed by atoms with Gasteiger partial charge in [-0.25, -0.2) is 0 Å². The zero-order valence-electron chi connectivity index (χ0n) is 10.1. The van der Waals surface area contributed by atoms with E-state index in [4.69, 9.17) is 4.74 Å². The molecule has 0 aromatic carbocycles. The molecule has 1 fully saturated rings. The second-order valence-corrected chi connectivity index (χ2v) is 4.37. The summed E-state index contributed by atoms with van der Waals surface area (Å²) in [4.78, 5) is 26.5. The molecule has 0 radical (unpaired) electrons. The number of Topliss-reactive ketones (excluding diaryl/α,β-unsaturated/α-hetero) is 1. The Labute approximate surface area is 104 Å². The highest BCUT2D eigenvalue weighted by Gasteiger charge is 2.21. The number of rotatable bonds is 4. The Balaban J connectivity index is 1.96. The van der Waals surface area contributed by atoms with Crippen LogP contribution in [0.5, 0.6) is 0 Å². The highest BCUT2D eigenvalue weighted by Crippen LogP contribution is 2.13. The lowest BCUT2D eigenvalue weighted by atomic mass is 10.2. The van der Waals surface area contributed by atoms with Crippen molar-refractivity contribution in [2.75, 3.05) is 26.2 Å². The van der Waals surface area contributed by atoms with E-state index < -0.39 is 4.92 Å². The van der Waals surface area contributed by atoms with Crippen molar-refractivity contribution < 1.29 is 14.5 Å². The summed E-state index contributed by atoms with van der Waals surface area (Å²) in [5.41, 5.74) is 0.189. The second-order valence-electron chi connectivity index (χ2n) is 4.37. The highest BCUT2D eigenvalue weighted by atomic mass is 16.6. The number of nitro groups is 1. The van der Waals surface area contributed by atoms with Crippen LogP contribution in [-0.4, -0.2) is 52.9 Å². The third kappa shape index (κ3) is 2.93. The molecule has 7 nitrogen and oxygen atoms in total. The summed E-state index contributed by atoms with van der Waals surface area (Å²) in [6.07, 6.45) is 1.35. The third-order valence-corrected chi connectivity index (χ3v) is 2.87. The zero-order chi connectivity index (χ0) is 13.1. The molecular weight excluding hydrogens is 238 g/mol. The molecule has 1 N–H and O–H groups in total. The van der Waals surface area contributed by atoms with Crippen molar-refractivity contribution in [1.82, 2.24) is 9.88 Å². The van der Waals surface area contributed by atoms with E-state index in [1.165, 1.54) is 12.3 Å². The Morgan fingerprint density at radius 3 is 3.11 bits per heavy atom. The fraction of sp³-hybridized carbons (Fsp3) is 0.545. The van der Waals surface area contributed by atoms with Crippen LogP contribution in [0.25, 0.3) is 0 Å². The number of nitrogens with one attached hydrogen (secondary N) is 1. The maximum absolute atomic E-state index is 11.9. The Morgan fingerprint density at radius 1 is 1.72 bits per heavy atom. The van der Waals surface area contributed by atoms with Crippen molar-refractivity contribution in [2.24, 2.45) is 0 Å². The van der Waals surface area contributed by atoms with Crippen LogP contribution in [0.3, 0.4) is 0 Å². The number of ketones is 1. The van der Waals surface area contributed by atoms with E-state index in [0.29, 0.717) is 19.7 Å². The van der Waals surface area contributed by atoms with Gasteiger partial charge in [0.15, 0.2) is 5.78 Å². The first-order valence-electron chi connectivity index (χ1n) is 5.76. The molecule has 0 amide bonds. The highest BCUT2D eigenvalue weighted by molar-refractivity contribution is 5.96. The third-order valence-electron chi connectivity index (χ3n) is 2.87. The largest absolute Gasteiger partial charge is 0.376 e. The first-order chi connectivity index (χ1) is 8.56. The first-order valence-corrected chi connectivity index (χ1v) is 5.76. The number of morpholine rings is 1. The molecule has 98 valence electrons. The van der Waals surface area contributed by atoms with Crippen molar-refractivity contribution in [1.29, 1.82) is 0 Å². The van der Waals surface area contributed by atoms with E-state index >= 15 is 0 Å². The predicted octanol–water partition coefficient (Wildman–Crippen LogP) is 0.826. The van der Waals surface area contributed by atoms with Crippen molar-refractivity contribution in [2.45, 2.75) is 13.0 Å². The Bertz CT molecular complexity index is 457. The van der Waals surface area contributed by atoms with Gasteiger partial charge >= 0.3 is 0 Å². The maximum atomic E-state index is 11.9. The summed E-state index contributed by atoms with van der Waals surface area (Å²) in [5.74, 6) is -0.141. The number of hydrogen-bond acceptors (Lipinski definition) is 5. The van der Waals surface area contributed by atoms with E-state index in [9.17, 15) is 14.9 Å². The Hall–Kier alpha value is -1.73. The standard InChI is InChI=1S/C11H15N3O4/c1-8-6-13(2-3-18-8)7-11(15)10-4-9(5-12-10)14(16)17/h4-5,8,12H,2-3,6-7H2,1H3. The molecule has 1 saturated heterocycles. The minimum atomic E-state index is -0.524. The molecule has 0 aliphatic carbocycles. The van der Waals surface area contributed by atoms with Gasteiger partial charge in [0.05, 0.1) is 36.1 Å². The molecule has 0 saturated carbocycles. The molecule has 0 bridgehead atoms. The molecule has 2 rings (SSSR count). The van der Waals surface area contributed by atoms with E-state index in [0.717, 1.165) is 0 Å². The van der Waals surface area contributed by atoms with Crippen LogP contribution in [0.2, 0.25) is 0 Å². The minimum absolute atomic E-state index is 0.0892. The van der Waals surface area contributed by atoms with E-state index in [-0.39, 0.29) is 29.8 Å². The summed E-state index contributed by atoms with van der Waals surface area (Å²) in [6.45, 7) is 4.23. The molecule has 1 unspecified atom stereocenters. The molecule has 1 aromatic rings. The number of nitrogens with zero attached hydrogens (tertiary/aromatic N) is 2. The topological polar surface area (TPSA) is 88.5 Å². The number of carbonyl (C=O) groups excluding carboxylic acids is 1. The SMILES string of the molecule is CC1CN(CC(=O)c2cc([N+](=O)[O-])c[nH]2)CCO1. The van der Waals surface area contributed by atoms with Gasteiger partial charge < -0.3 is 9.72 Å². The molecule has 1 aliphatic heterocycles. The van der Waals surface area contributed by atoms with Gasteiger partial charge in [0.2, 0.25) is 0 Å². The molecule has 1 aromatic heterocycles. The lowest BCUT2D eigenvalue weighted by Crippen LogP contribution is -2.43. The van der Waals surface area contributed by atoms with E-state index in [1.54, 1.807) is 0 Å². The Kier molecular flexibility index (Phi) is 3.73. The van der Waals surface area contributed by atoms with Crippen molar-refractivity contribution in [3.8, 4) is 0 Å². The van der Waals surface area contributed by atoms with Crippen LogP contribution < -0.4 is 0 Å². The van der Waals surface area contributed by atoms with Crippen LogP contribution in [0, 0.1) is 10.1 Å². The molecule has 0 spiro atoms. The van der Waals surface area contributed by atoms with E-state index in [2.05, 4.69) is 4.98 Å². The molecular formula is C11H15N3O4. The van der Waals surface area contributed by atoms with Crippen LogP contribution in [0.15, 0.2) is 12.3 Å². The van der Waals surface area contributed by atoms with Gasteiger partial charge in [-0.2, -0.15) is 0 Å². The summed E-state index contributed by atoms with van der Waals surface area (Å²) in [7, 11) is 0. The number of H-pyrrole nitrogens is 1. The number of aromatic amines is 1. The quantitative estimate of drug-likeness (QED) is 0.487. The molecule has 2 heterocycles. The van der Waals surface area contributed by atoms with Crippen LogP contribution in [-0.2, 0) is 4.74 Å². The van der Waals surface area contributed by atoms with Gasteiger partial charge in [-0.15, -0.1) is 0 Å². The average Bonchev–Trinajstić information content (AvgIpc) is 2.78. The van der Waals surface area contributed by atoms with Gasteiger partial charge in [-0.05, 0) is 6.92 Å². The van der Waals surface area contributed by atoms with Gasteiger partial charge in [0.25, 0.3) is 5.69 Å². The van der Waals surface area contributed by atoms with Crippen LogP contribution in [0.1, 0.15) is 17.4 Å². The first kappa shape index (κ1) is 12.7. The number of ether oxygens (including phenoxy) is 1. The monoisotopic (exact) mass is 253 g/mol. The lowest BCUT2D eigenvalue weighted by molar-refractivity contribution is -0.384. The smallest absolute Gasteiger partial charge is 0.287 e. The van der Waals surface area contributed by atoms with Gasteiger partial charge in [-0.1, -0.05) is 0 Å². The summed E-state index contributed by atoms with van der Waals surface area (Å²) in [6, 6.07) is 1.27. The molecule has 1 aliphatic rings. The van der Waals surface area contributed by atoms with Gasteiger partial charge in [-0.3, -0.25) is 19.8 Å². The Morgan fingerprint density at radius 2 is 2.50 bits per heavy atom. The van der Waals surface area contributed by atoms with E-state index in [1.807, 2.05) is 11.8 Å². The minimum Gasteiger partial charge on any atom is -0.376 e. The number of hydrogen-bond donors (Lipinski definition) is 1. The maximum Gasteiger partial charge on any atom is 0.287 e. The molecule has 1 atom stereocenters. The van der Waals surface area contributed by atoms with Crippen molar-refractivity contribution >= 4 is 11.5 Å². The molecule has 7 heteroatoms. The zero-order valence-corrected chi connectivity index (χ0v) is 10.1. The average molecular weight is 253 g/mol.